The Morgan fingerprint density at radius 2 is 1.64 bits per heavy atom. The largest absolute Gasteiger partial charge is 0.457 e. The molecule has 2 aliphatic rings. The minimum Gasteiger partial charge on any atom is -0.457 e. The molecule has 10 heteroatoms. The number of amides is 3. The van der Waals surface area contributed by atoms with Crippen LogP contribution < -0.4 is 10.6 Å². The van der Waals surface area contributed by atoms with Crippen molar-refractivity contribution >= 4 is 51.8 Å². The molecule has 0 unspecified atom stereocenters. The van der Waals surface area contributed by atoms with Gasteiger partial charge in [-0.3, -0.25) is 14.9 Å². The van der Waals surface area contributed by atoms with Crippen LogP contribution in [0, 0.1) is 0 Å². The van der Waals surface area contributed by atoms with Crippen molar-refractivity contribution in [2.45, 2.75) is 42.4 Å². The summed E-state index contributed by atoms with van der Waals surface area (Å²) in [6.45, 7) is 3.50. The number of urea groups is 1. The highest BCUT2D eigenvalue weighted by Gasteiger charge is 2.43. The number of piperidine rings is 1. The van der Waals surface area contributed by atoms with Crippen LogP contribution in [0.3, 0.4) is 0 Å². The van der Waals surface area contributed by atoms with E-state index >= 15 is 0 Å². The maximum Gasteiger partial charge on any atom is 0.338 e. The molecule has 3 aromatic carbocycles. The van der Waals surface area contributed by atoms with Crippen LogP contribution in [0.15, 0.2) is 89.8 Å². The first kappa shape index (κ1) is 30.6. The molecule has 2 N–H and O–H groups in total. The number of esters is 1. The number of nitrogens with zero attached hydrogens (tertiary/aromatic N) is 1. The SMILES string of the molecule is CCNC(=O)Nc1sc(-c2ccc(C(=O)OCc3ccccc3)cc2)cc1C(=O)N1CCC2(CC1)CC(=O)c1ccccc1S2. The first-order chi connectivity index (χ1) is 21.8. The van der Waals surface area contributed by atoms with Crippen LogP contribution in [0.5, 0.6) is 0 Å². The van der Waals surface area contributed by atoms with Gasteiger partial charge < -0.3 is 15.0 Å². The summed E-state index contributed by atoms with van der Waals surface area (Å²) in [7, 11) is 0. The van der Waals surface area contributed by atoms with Gasteiger partial charge in [0.1, 0.15) is 11.6 Å². The van der Waals surface area contributed by atoms with E-state index in [0.29, 0.717) is 55.0 Å². The third-order valence-corrected chi connectivity index (χ3v) is 10.8. The maximum absolute atomic E-state index is 13.9. The smallest absolute Gasteiger partial charge is 0.338 e. The molecule has 1 spiro atoms. The Bertz CT molecular complexity index is 1730. The predicted octanol–water partition coefficient (Wildman–Crippen LogP) is 7.27. The number of hydrogen-bond donors (Lipinski definition) is 2. The van der Waals surface area contributed by atoms with Crippen molar-refractivity contribution in [2.24, 2.45) is 0 Å². The number of rotatable bonds is 7. The van der Waals surface area contributed by atoms with Gasteiger partial charge in [-0.1, -0.05) is 60.7 Å². The Balaban J connectivity index is 1.17. The van der Waals surface area contributed by atoms with E-state index in [1.54, 1.807) is 30.0 Å². The molecule has 0 saturated carbocycles. The van der Waals surface area contributed by atoms with Crippen LogP contribution in [0.4, 0.5) is 9.80 Å². The highest BCUT2D eigenvalue weighted by molar-refractivity contribution is 8.01. The summed E-state index contributed by atoms with van der Waals surface area (Å²) >= 11 is 3.07. The average molecular weight is 640 g/mol. The maximum atomic E-state index is 13.9. The Morgan fingerprint density at radius 1 is 0.933 bits per heavy atom. The van der Waals surface area contributed by atoms with Crippen LogP contribution in [-0.2, 0) is 11.3 Å². The molecule has 0 bridgehead atoms. The minimum atomic E-state index is -0.421. The van der Waals surface area contributed by atoms with Crippen molar-refractivity contribution < 1.29 is 23.9 Å². The lowest BCUT2D eigenvalue weighted by molar-refractivity contribution is 0.0472. The molecular weight excluding hydrogens is 607 g/mol. The number of thiophene rings is 1. The summed E-state index contributed by atoms with van der Waals surface area (Å²) in [4.78, 5) is 55.6. The van der Waals surface area contributed by atoms with Crippen molar-refractivity contribution in [3.8, 4) is 10.4 Å². The molecule has 3 amide bonds. The molecule has 2 aliphatic heterocycles. The molecule has 0 radical (unpaired) electrons. The number of likely N-dealkylation sites (tertiary alicyclic amines) is 1. The predicted molar refractivity (Wildman–Crippen MR) is 177 cm³/mol. The number of carbonyl (C=O) groups is 4. The van der Waals surface area contributed by atoms with Gasteiger partial charge in [-0.2, -0.15) is 0 Å². The molecule has 3 heterocycles. The van der Waals surface area contributed by atoms with Crippen molar-refractivity contribution in [2.75, 3.05) is 25.0 Å². The van der Waals surface area contributed by atoms with Crippen molar-refractivity contribution in [3.05, 3.63) is 107 Å². The van der Waals surface area contributed by atoms with E-state index in [-0.39, 0.29) is 29.1 Å². The molecule has 230 valence electrons. The number of benzene rings is 3. The van der Waals surface area contributed by atoms with Gasteiger partial charge in [0, 0.05) is 46.1 Å². The third kappa shape index (κ3) is 6.82. The Hall–Kier alpha value is -4.41. The van der Waals surface area contributed by atoms with Crippen LogP contribution in [0.25, 0.3) is 10.4 Å². The van der Waals surface area contributed by atoms with Gasteiger partial charge in [0.25, 0.3) is 5.91 Å². The lowest BCUT2D eigenvalue weighted by Gasteiger charge is -2.43. The zero-order valence-electron chi connectivity index (χ0n) is 24.8. The Morgan fingerprint density at radius 3 is 2.38 bits per heavy atom. The zero-order chi connectivity index (χ0) is 31.4. The summed E-state index contributed by atoms with van der Waals surface area (Å²) in [5.74, 6) is -0.418. The van der Waals surface area contributed by atoms with E-state index in [1.165, 1.54) is 11.3 Å². The highest BCUT2D eigenvalue weighted by Crippen LogP contribution is 2.49. The van der Waals surface area contributed by atoms with E-state index in [4.69, 9.17) is 4.74 Å². The first-order valence-corrected chi connectivity index (χ1v) is 16.6. The summed E-state index contributed by atoms with van der Waals surface area (Å²) in [5.41, 5.74) is 3.35. The number of anilines is 1. The van der Waals surface area contributed by atoms with Gasteiger partial charge in [0.2, 0.25) is 0 Å². The van der Waals surface area contributed by atoms with Crippen molar-refractivity contribution in [1.82, 2.24) is 10.2 Å². The fourth-order valence-electron chi connectivity index (χ4n) is 5.68. The summed E-state index contributed by atoms with van der Waals surface area (Å²) in [5, 5.41) is 6.05. The molecule has 0 aliphatic carbocycles. The molecular formula is C35H33N3O5S2. The standard InChI is InChI=1S/C35H33N3O5S2/c1-2-36-34(42)37-31-27(32(40)38-18-16-35(17-19-38)21-28(39)26-10-6-7-11-29(26)45-35)20-30(44-31)24-12-14-25(15-13-24)33(41)43-22-23-8-4-3-5-9-23/h3-15,20H,2,16-19,21-22H2,1H3,(H2,36,37,42). The summed E-state index contributed by atoms with van der Waals surface area (Å²) in [6.07, 6.45) is 1.89. The van der Waals surface area contributed by atoms with E-state index in [1.807, 2.05) is 78.6 Å². The molecule has 45 heavy (non-hydrogen) atoms. The number of fused-ring (bicyclic) bond motifs is 1. The third-order valence-electron chi connectivity index (χ3n) is 8.10. The molecule has 0 atom stereocenters. The molecule has 1 fully saturated rings. The monoisotopic (exact) mass is 639 g/mol. The average Bonchev–Trinajstić information content (AvgIpc) is 3.48. The molecule has 1 saturated heterocycles. The minimum absolute atomic E-state index is 0.159. The Labute approximate surface area is 270 Å². The summed E-state index contributed by atoms with van der Waals surface area (Å²) in [6, 6.07) is 25.7. The van der Waals surface area contributed by atoms with Crippen molar-refractivity contribution in [3.63, 3.8) is 0 Å². The topological polar surface area (TPSA) is 105 Å². The number of hydrogen-bond acceptors (Lipinski definition) is 7. The number of ether oxygens (including phenoxy) is 1. The lowest BCUT2D eigenvalue weighted by Crippen LogP contribution is -2.47. The second-order valence-corrected chi connectivity index (χ2v) is 13.7. The first-order valence-electron chi connectivity index (χ1n) is 14.9. The van der Waals surface area contributed by atoms with Crippen LogP contribution >= 0.6 is 23.1 Å². The Kier molecular flexibility index (Phi) is 9.04. The molecule has 1 aromatic heterocycles. The van der Waals surface area contributed by atoms with Crippen LogP contribution in [-0.4, -0.2) is 53.0 Å². The highest BCUT2D eigenvalue weighted by atomic mass is 32.2. The van der Waals surface area contributed by atoms with Gasteiger partial charge in [-0.05, 0) is 55.2 Å². The number of Topliss-reactive ketones (excluding diaryl/α,β-unsaturated/α-hetero) is 1. The second-order valence-electron chi connectivity index (χ2n) is 11.2. The normalized spacial score (nSPS) is 15.3. The van der Waals surface area contributed by atoms with E-state index in [0.717, 1.165) is 26.5 Å². The molecule has 6 rings (SSSR count). The second kappa shape index (κ2) is 13.3. The molecule has 4 aromatic rings. The number of nitrogens with one attached hydrogen (secondary N) is 2. The van der Waals surface area contributed by atoms with Gasteiger partial charge >= 0.3 is 12.0 Å². The van der Waals surface area contributed by atoms with Gasteiger partial charge in [-0.15, -0.1) is 23.1 Å². The summed E-state index contributed by atoms with van der Waals surface area (Å²) < 4.78 is 5.24. The number of carbonyl (C=O) groups excluding carboxylic acids is 4. The van der Waals surface area contributed by atoms with E-state index in [9.17, 15) is 19.2 Å². The molecule has 8 nitrogen and oxygen atoms in total. The van der Waals surface area contributed by atoms with Crippen LogP contribution in [0.2, 0.25) is 0 Å². The van der Waals surface area contributed by atoms with Crippen molar-refractivity contribution in [1.29, 1.82) is 0 Å². The van der Waals surface area contributed by atoms with Gasteiger partial charge in [0.15, 0.2) is 5.78 Å². The van der Waals surface area contributed by atoms with Crippen LogP contribution in [0.1, 0.15) is 62.8 Å². The van der Waals surface area contributed by atoms with Gasteiger partial charge in [0.05, 0.1) is 11.1 Å². The number of ketones is 1. The fraction of sp³-hybridized carbons (Fsp3) is 0.257. The van der Waals surface area contributed by atoms with E-state index in [2.05, 4.69) is 10.6 Å². The van der Waals surface area contributed by atoms with E-state index < -0.39 is 5.97 Å². The lowest BCUT2D eigenvalue weighted by atomic mass is 9.88. The fourth-order valence-corrected chi connectivity index (χ4v) is 8.23. The van der Waals surface area contributed by atoms with Gasteiger partial charge in [-0.25, -0.2) is 9.59 Å². The quantitative estimate of drug-likeness (QED) is 0.206. The zero-order valence-corrected chi connectivity index (χ0v) is 26.5. The number of thioether (sulfide) groups is 1.